The zero-order valence-corrected chi connectivity index (χ0v) is 20.5. The third-order valence-electron chi connectivity index (χ3n) is 6.26. The third kappa shape index (κ3) is 5.75. The number of carbonyl (C=O) groups excluding carboxylic acids is 1. The number of aliphatic carboxylic acids is 1. The summed E-state index contributed by atoms with van der Waals surface area (Å²) in [5, 5.41) is 12.2. The van der Waals surface area contributed by atoms with Gasteiger partial charge in [-0.2, -0.15) is 0 Å². The van der Waals surface area contributed by atoms with Crippen LogP contribution < -0.4 is 5.32 Å². The van der Waals surface area contributed by atoms with E-state index in [0.717, 1.165) is 33.4 Å². The van der Waals surface area contributed by atoms with Crippen molar-refractivity contribution in [2.45, 2.75) is 38.5 Å². The van der Waals surface area contributed by atoms with Crippen LogP contribution in [0.15, 0.2) is 72.8 Å². The molecule has 0 fully saturated rings. The van der Waals surface area contributed by atoms with Crippen molar-refractivity contribution in [2.24, 2.45) is 0 Å². The Hall–Kier alpha value is -3.68. The van der Waals surface area contributed by atoms with E-state index in [9.17, 15) is 14.7 Å². The SMILES string of the molecule is CCOC(OCC)c1ccc(C[C@H](NC(=O)OCC2c3ccccc3-c3ccccc32)C(=O)O)cc1. The Morgan fingerprint density at radius 3 is 1.94 bits per heavy atom. The van der Waals surface area contributed by atoms with Crippen molar-refractivity contribution in [3.8, 4) is 11.1 Å². The van der Waals surface area contributed by atoms with Gasteiger partial charge in [-0.3, -0.25) is 0 Å². The molecular weight excluding hydrogens is 458 g/mol. The van der Waals surface area contributed by atoms with Crippen LogP contribution in [0.2, 0.25) is 0 Å². The molecule has 0 unspecified atom stereocenters. The molecule has 0 aliphatic heterocycles. The van der Waals surface area contributed by atoms with Gasteiger partial charge in [0.25, 0.3) is 0 Å². The van der Waals surface area contributed by atoms with Crippen molar-refractivity contribution >= 4 is 12.1 Å². The Morgan fingerprint density at radius 2 is 1.42 bits per heavy atom. The lowest BCUT2D eigenvalue weighted by molar-refractivity contribution is -0.140. The molecule has 0 heterocycles. The minimum absolute atomic E-state index is 0.0948. The second kappa shape index (κ2) is 11.8. The van der Waals surface area contributed by atoms with Crippen molar-refractivity contribution in [3.05, 3.63) is 95.1 Å². The number of hydrogen-bond donors (Lipinski definition) is 2. The molecule has 1 atom stereocenters. The highest BCUT2D eigenvalue weighted by Crippen LogP contribution is 2.44. The molecule has 2 N–H and O–H groups in total. The number of hydrogen-bond acceptors (Lipinski definition) is 5. The van der Waals surface area contributed by atoms with Gasteiger partial charge in [-0.05, 0) is 41.7 Å². The van der Waals surface area contributed by atoms with Crippen molar-refractivity contribution in [2.75, 3.05) is 19.8 Å². The number of carbonyl (C=O) groups is 2. The highest BCUT2D eigenvalue weighted by molar-refractivity contribution is 5.81. The van der Waals surface area contributed by atoms with Gasteiger partial charge in [-0.25, -0.2) is 9.59 Å². The van der Waals surface area contributed by atoms with Crippen molar-refractivity contribution in [1.82, 2.24) is 5.32 Å². The standard InChI is InChI=1S/C29H31NO6/c1-3-34-28(35-4-2)20-15-13-19(14-16-20)17-26(27(31)32)30-29(33)36-18-25-23-11-7-5-9-21(23)22-10-6-8-12-24(22)25/h5-16,25-26,28H,3-4,17-18H2,1-2H3,(H,30,33)(H,31,32)/t26-/m0/s1. The Bertz CT molecular complexity index is 1140. The van der Waals surface area contributed by atoms with Crippen LogP contribution in [0.25, 0.3) is 11.1 Å². The summed E-state index contributed by atoms with van der Waals surface area (Å²) in [5.74, 6) is -1.23. The molecule has 7 heteroatoms. The molecule has 0 saturated carbocycles. The second-order valence-electron chi connectivity index (χ2n) is 8.55. The number of nitrogens with one attached hydrogen (secondary N) is 1. The zero-order chi connectivity index (χ0) is 25.5. The summed E-state index contributed by atoms with van der Waals surface area (Å²) in [6, 6.07) is 22.3. The summed E-state index contributed by atoms with van der Waals surface area (Å²) in [6.45, 7) is 4.94. The van der Waals surface area contributed by atoms with Crippen LogP contribution >= 0.6 is 0 Å². The van der Waals surface area contributed by atoms with Crippen LogP contribution in [0.4, 0.5) is 4.79 Å². The van der Waals surface area contributed by atoms with E-state index in [4.69, 9.17) is 14.2 Å². The van der Waals surface area contributed by atoms with Crippen molar-refractivity contribution in [3.63, 3.8) is 0 Å². The molecule has 1 amide bonds. The first-order chi connectivity index (χ1) is 17.5. The Morgan fingerprint density at radius 1 is 0.861 bits per heavy atom. The fourth-order valence-electron chi connectivity index (χ4n) is 4.57. The maximum Gasteiger partial charge on any atom is 0.407 e. The van der Waals surface area contributed by atoms with Crippen LogP contribution in [0.5, 0.6) is 0 Å². The number of ether oxygens (including phenoxy) is 3. The van der Waals surface area contributed by atoms with Crippen LogP contribution in [0, 0.1) is 0 Å². The van der Waals surface area contributed by atoms with E-state index in [1.807, 2.05) is 74.5 Å². The lowest BCUT2D eigenvalue weighted by atomic mass is 9.98. The lowest BCUT2D eigenvalue weighted by Crippen LogP contribution is -2.42. The highest BCUT2D eigenvalue weighted by atomic mass is 16.7. The van der Waals surface area contributed by atoms with Gasteiger partial charge in [-0.1, -0.05) is 72.8 Å². The van der Waals surface area contributed by atoms with Crippen LogP contribution in [0.3, 0.4) is 0 Å². The Kier molecular flexibility index (Phi) is 8.36. The average molecular weight is 490 g/mol. The molecule has 0 saturated heterocycles. The van der Waals surface area contributed by atoms with Gasteiger partial charge in [0.1, 0.15) is 12.6 Å². The number of carboxylic acid groups (broad SMARTS) is 1. The fraction of sp³-hybridized carbons (Fsp3) is 0.310. The van der Waals surface area contributed by atoms with E-state index in [1.165, 1.54) is 0 Å². The smallest absolute Gasteiger partial charge is 0.407 e. The van der Waals surface area contributed by atoms with Gasteiger partial charge < -0.3 is 24.6 Å². The number of fused-ring (bicyclic) bond motifs is 3. The average Bonchev–Trinajstić information content (AvgIpc) is 3.21. The highest BCUT2D eigenvalue weighted by Gasteiger charge is 2.29. The lowest BCUT2D eigenvalue weighted by Gasteiger charge is -2.19. The van der Waals surface area contributed by atoms with Gasteiger partial charge in [0.15, 0.2) is 6.29 Å². The van der Waals surface area contributed by atoms with E-state index in [1.54, 1.807) is 0 Å². The summed E-state index contributed by atoms with van der Waals surface area (Å²) in [4.78, 5) is 24.4. The van der Waals surface area contributed by atoms with Gasteiger partial charge in [0.2, 0.25) is 0 Å². The van der Waals surface area contributed by atoms with E-state index in [2.05, 4.69) is 17.4 Å². The second-order valence-corrected chi connectivity index (χ2v) is 8.55. The van der Waals surface area contributed by atoms with Crippen molar-refractivity contribution < 1.29 is 28.9 Å². The maximum absolute atomic E-state index is 12.6. The summed E-state index contributed by atoms with van der Waals surface area (Å²) in [5.41, 5.74) is 6.06. The first kappa shape index (κ1) is 25.4. The normalized spacial score (nSPS) is 13.2. The monoisotopic (exact) mass is 489 g/mol. The molecule has 0 radical (unpaired) electrons. The van der Waals surface area contributed by atoms with Gasteiger partial charge in [-0.15, -0.1) is 0 Å². The summed E-state index contributed by atoms with van der Waals surface area (Å²) < 4.78 is 16.7. The molecular formula is C29H31NO6. The molecule has 0 bridgehead atoms. The molecule has 36 heavy (non-hydrogen) atoms. The molecule has 3 aromatic rings. The first-order valence-corrected chi connectivity index (χ1v) is 12.2. The molecule has 4 rings (SSSR count). The first-order valence-electron chi connectivity index (χ1n) is 12.2. The van der Waals surface area contributed by atoms with Gasteiger partial charge in [0.05, 0.1) is 0 Å². The van der Waals surface area contributed by atoms with E-state index >= 15 is 0 Å². The summed E-state index contributed by atoms with van der Waals surface area (Å²) in [6.07, 6.45) is -1.11. The number of amides is 1. The molecule has 188 valence electrons. The maximum atomic E-state index is 12.6. The minimum atomic E-state index is -1.13. The zero-order valence-electron chi connectivity index (χ0n) is 20.5. The fourth-order valence-corrected chi connectivity index (χ4v) is 4.57. The number of alkyl carbamates (subject to hydrolysis) is 1. The Labute approximate surface area is 211 Å². The summed E-state index contributed by atoms with van der Waals surface area (Å²) >= 11 is 0. The number of rotatable bonds is 11. The molecule has 0 aromatic heterocycles. The quantitative estimate of drug-likeness (QED) is 0.355. The van der Waals surface area contributed by atoms with Gasteiger partial charge >= 0.3 is 12.1 Å². The Balaban J connectivity index is 1.38. The van der Waals surface area contributed by atoms with E-state index in [0.29, 0.717) is 13.2 Å². The topological polar surface area (TPSA) is 94.1 Å². The molecule has 1 aliphatic rings. The van der Waals surface area contributed by atoms with Crippen LogP contribution in [0.1, 0.15) is 48.3 Å². The van der Waals surface area contributed by atoms with Crippen LogP contribution in [-0.4, -0.2) is 43.0 Å². The summed E-state index contributed by atoms with van der Waals surface area (Å²) in [7, 11) is 0. The van der Waals surface area contributed by atoms with E-state index in [-0.39, 0.29) is 18.9 Å². The van der Waals surface area contributed by atoms with Crippen molar-refractivity contribution in [1.29, 1.82) is 0 Å². The minimum Gasteiger partial charge on any atom is -0.480 e. The molecule has 7 nitrogen and oxygen atoms in total. The number of carboxylic acids is 1. The molecule has 0 spiro atoms. The predicted molar refractivity (Wildman–Crippen MR) is 136 cm³/mol. The van der Waals surface area contributed by atoms with Crippen LogP contribution in [-0.2, 0) is 25.4 Å². The van der Waals surface area contributed by atoms with Gasteiger partial charge in [0, 0.05) is 31.1 Å². The van der Waals surface area contributed by atoms with E-state index < -0.39 is 24.4 Å². The number of benzene rings is 3. The molecule has 3 aromatic carbocycles. The predicted octanol–water partition coefficient (Wildman–Crippen LogP) is 5.29. The third-order valence-corrected chi connectivity index (χ3v) is 6.26. The largest absolute Gasteiger partial charge is 0.480 e. The molecule has 1 aliphatic carbocycles.